The predicted octanol–water partition coefficient (Wildman–Crippen LogP) is 5.67. The Morgan fingerprint density at radius 3 is 2.60 bits per heavy atom. The van der Waals surface area contributed by atoms with Gasteiger partial charge in [-0.2, -0.15) is 18.3 Å². The van der Waals surface area contributed by atoms with E-state index in [0.29, 0.717) is 33.0 Å². The number of pyridine rings is 1. The van der Waals surface area contributed by atoms with Gasteiger partial charge in [-0.25, -0.2) is 9.97 Å². The summed E-state index contributed by atoms with van der Waals surface area (Å²) in [5.41, 5.74) is 4.62. The lowest BCUT2D eigenvalue weighted by Gasteiger charge is -2.20. The van der Waals surface area contributed by atoms with Crippen molar-refractivity contribution in [2.24, 2.45) is 10.2 Å². The Balaban J connectivity index is 1.35. The van der Waals surface area contributed by atoms with Crippen molar-refractivity contribution >= 4 is 56.7 Å². The molecular weight excluding hydrogens is 541 g/mol. The lowest BCUT2D eigenvalue weighted by molar-refractivity contribution is -0.141. The molecular formula is C27H19F3N8OS. The van der Waals surface area contributed by atoms with Crippen molar-refractivity contribution in [2.45, 2.75) is 20.0 Å². The van der Waals surface area contributed by atoms with Gasteiger partial charge >= 0.3 is 6.18 Å². The first kappa shape index (κ1) is 25.6. The number of aromatic amines is 1. The smallest absolute Gasteiger partial charge is 0.344 e. The predicted molar refractivity (Wildman–Crippen MR) is 148 cm³/mol. The molecule has 5 aromatic rings. The largest absolute Gasteiger partial charge is 0.435 e. The number of benzene rings is 2. The minimum atomic E-state index is -4.59. The fourth-order valence-electron chi connectivity index (χ4n) is 4.57. The average Bonchev–Trinajstić information content (AvgIpc) is 3.55. The van der Waals surface area contributed by atoms with E-state index in [-0.39, 0.29) is 17.4 Å². The first-order valence-electron chi connectivity index (χ1n) is 12.0. The van der Waals surface area contributed by atoms with E-state index in [2.05, 4.69) is 35.4 Å². The number of carbonyl (C=O) groups excluding carboxylic acids is 1. The highest BCUT2D eigenvalue weighted by Gasteiger charge is 2.33. The van der Waals surface area contributed by atoms with Crippen LogP contribution in [-0.4, -0.2) is 48.2 Å². The maximum Gasteiger partial charge on any atom is 0.435 e. The van der Waals surface area contributed by atoms with Gasteiger partial charge in [0, 0.05) is 10.9 Å². The molecule has 0 atom stereocenters. The van der Waals surface area contributed by atoms with Crippen LogP contribution in [0.4, 0.5) is 18.9 Å². The minimum absolute atomic E-state index is 0.0675. The van der Waals surface area contributed by atoms with Crippen LogP contribution < -0.4 is 4.90 Å². The highest BCUT2D eigenvalue weighted by molar-refractivity contribution is 8.15. The molecule has 4 heterocycles. The number of alkyl halides is 3. The van der Waals surface area contributed by atoms with Gasteiger partial charge in [0.05, 0.1) is 51.9 Å². The van der Waals surface area contributed by atoms with Crippen LogP contribution in [0.25, 0.3) is 33.2 Å². The molecule has 0 spiro atoms. The molecule has 0 saturated carbocycles. The van der Waals surface area contributed by atoms with E-state index in [0.717, 1.165) is 28.3 Å². The van der Waals surface area contributed by atoms with E-state index in [1.165, 1.54) is 30.4 Å². The number of nitrogens with zero attached hydrogens (tertiary/aromatic N) is 7. The summed E-state index contributed by atoms with van der Waals surface area (Å²) in [4.78, 5) is 26.3. The van der Waals surface area contributed by atoms with E-state index >= 15 is 0 Å². The monoisotopic (exact) mass is 560 g/mol. The second-order valence-electron chi connectivity index (χ2n) is 9.04. The molecule has 0 radical (unpaired) electrons. The number of amidine groups is 1. The van der Waals surface area contributed by atoms with E-state index in [1.54, 1.807) is 17.0 Å². The molecule has 1 saturated heterocycles. The van der Waals surface area contributed by atoms with E-state index in [4.69, 9.17) is 0 Å². The van der Waals surface area contributed by atoms with Crippen LogP contribution in [0.15, 0.2) is 65.1 Å². The van der Waals surface area contributed by atoms with Crippen molar-refractivity contribution in [1.29, 1.82) is 0 Å². The summed E-state index contributed by atoms with van der Waals surface area (Å²) < 4.78 is 38.9. The molecule has 1 aliphatic heterocycles. The van der Waals surface area contributed by atoms with Crippen molar-refractivity contribution in [3.8, 4) is 11.3 Å². The number of para-hydroxylation sites is 1. The summed E-state index contributed by atoms with van der Waals surface area (Å²) in [6, 6.07) is 13.3. The minimum Gasteiger partial charge on any atom is -0.344 e. The SMILES string of the molecule is Cc1cccc(C)c1N1C(=O)CS/C1=N\N=C\c1ccc2c(cc(-c3ccc(C(F)(F)F)nn3)c3[nH]cnc32)n1. The number of hydrogen-bond acceptors (Lipinski definition) is 8. The highest BCUT2D eigenvalue weighted by Crippen LogP contribution is 2.34. The third-order valence-electron chi connectivity index (χ3n) is 6.38. The van der Waals surface area contributed by atoms with E-state index in [9.17, 15) is 18.0 Å². The van der Waals surface area contributed by atoms with Gasteiger partial charge in [-0.3, -0.25) is 9.69 Å². The molecule has 40 heavy (non-hydrogen) atoms. The molecule has 1 aliphatic rings. The molecule has 9 nitrogen and oxygen atoms in total. The zero-order chi connectivity index (χ0) is 28.0. The Morgan fingerprint density at radius 2 is 1.88 bits per heavy atom. The van der Waals surface area contributed by atoms with Crippen molar-refractivity contribution in [3.63, 3.8) is 0 Å². The summed E-state index contributed by atoms with van der Waals surface area (Å²) in [6.45, 7) is 3.89. The summed E-state index contributed by atoms with van der Waals surface area (Å²) in [5, 5.41) is 16.9. The standard InChI is InChI=1S/C27H19F3N8OS/c1-14-4-3-5-15(2)25(14)38-22(39)12-40-26(38)37-33-11-16-6-7-17-20(34-16)10-18(24-23(17)31-13-32-24)19-8-9-21(36-35-19)27(28,29)30/h3-11,13H,12H2,1-2H3,(H,31,32)/b33-11+,37-26-. The lowest BCUT2D eigenvalue weighted by atomic mass is 10.0. The molecule has 0 unspecified atom stereocenters. The second-order valence-corrected chi connectivity index (χ2v) is 9.98. The number of carbonyl (C=O) groups is 1. The molecule has 0 aliphatic carbocycles. The Morgan fingerprint density at radius 1 is 1.07 bits per heavy atom. The maximum atomic E-state index is 13.0. The zero-order valence-electron chi connectivity index (χ0n) is 21.1. The Kier molecular flexibility index (Phi) is 6.29. The second kappa shape index (κ2) is 9.83. The topological polar surface area (TPSA) is 112 Å². The van der Waals surface area contributed by atoms with Gasteiger partial charge in [0.25, 0.3) is 0 Å². The van der Waals surface area contributed by atoms with Crippen LogP contribution in [0.2, 0.25) is 0 Å². The van der Waals surface area contributed by atoms with Crippen molar-refractivity contribution in [1.82, 2.24) is 25.1 Å². The zero-order valence-corrected chi connectivity index (χ0v) is 21.9. The van der Waals surface area contributed by atoms with Gasteiger partial charge in [-0.15, -0.1) is 15.3 Å². The Labute approximate surface area is 229 Å². The number of rotatable bonds is 4. The van der Waals surface area contributed by atoms with Gasteiger partial charge in [-0.05, 0) is 55.3 Å². The summed E-state index contributed by atoms with van der Waals surface area (Å²) >= 11 is 1.31. The molecule has 13 heteroatoms. The normalized spacial score (nSPS) is 15.4. The van der Waals surface area contributed by atoms with E-state index < -0.39 is 11.9 Å². The molecule has 0 bridgehead atoms. The molecule has 1 N–H and O–H groups in total. The third-order valence-corrected chi connectivity index (χ3v) is 7.30. The Hall–Kier alpha value is -4.65. The van der Waals surface area contributed by atoms with Crippen LogP contribution >= 0.6 is 11.8 Å². The van der Waals surface area contributed by atoms with Crippen LogP contribution in [0, 0.1) is 13.8 Å². The van der Waals surface area contributed by atoms with Gasteiger partial charge in [0.15, 0.2) is 10.9 Å². The maximum absolute atomic E-state index is 13.0. The van der Waals surface area contributed by atoms with Crippen molar-refractivity contribution in [3.05, 3.63) is 77.4 Å². The fourth-order valence-corrected chi connectivity index (χ4v) is 5.38. The lowest BCUT2D eigenvalue weighted by Crippen LogP contribution is -2.30. The highest BCUT2D eigenvalue weighted by atomic mass is 32.2. The fraction of sp³-hybridized carbons (Fsp3) is 0.148. The van der Waals surface area contributed by atoms with Gasteiger partial charge in [0.2, 0.25) is 5.91 Å². The summed E-state index contributed by atoms with van der Waals surface area (Å²) in [7, 11) is 0. The number of hydrogen-bond donors (Lipinski definition) is 1. The number of aromatic nitrogens is 5. The number of anilines is 1. The number of aryl methyl sites for hydroxylation is 2. The molecule has 1 amide bonds. The van der Waals surface area contributed by atoms with Crippen LogP contribution in [-0.2, 0) is 11.0 Å². The molecule has 2 aromatic carbocycles. The van der Waals surface area contributed by atoms with Gasteiger partial charge < -0.3 is 4.98 Å². The Bertz CT molecular complexity index is 1830. The molecule has 6 rings (SSSR count). The number of amides is 1. The summed E-state index contributed by atoms with van der Waals surface area (Å²) in [6.07, 6.45) is -1.61. The average molecular weight is 561 g/mol. The van der Waals surface area contributed by atoms with E-state index in [1.807, 2.05) is 38.1 Å². The number of nitrogens with one attached hydrogen (secondary N) is 1. The number of imidazole rings is 1. The summed E-state index contributed by atoms with van der Waals surface area (Å²) in [5.74, 6) is 0.202. The number of thioether (sulfide) groups is 1. The number of fused-ring (bicyclic) bond motifs is 3. The van der Waals surface area contributed by atoms with Crippen molar-refractivity contribution in [2.75, 3.05) is 10.7 Å². The van der Waals surface area contributed by atoms with Crippen LogP contribution in [0.3, 0.4) is 0 Å². The molecule has 200 valence electrons. The van der Waals surface area contributed by atoms with Gasteiger partial charge in [-0.1, -0.05) is 30.0 Å². The number of H-pyrrole nitrogens is 1. The quantitative estimate of drug-likeness (QED) is 0.224. The third kappa shape index (κ3) is 4.57. The van der Waals surface area contributed by atoms with Crippen LogP contribution in [0.5, 0.6) is 0 Å². The van der Waals surface area contributed by atoms with Crippen molar-refractivity contribution < 1.29 is 18.0 Å². The molecule has 3 aromatic heterocycles. The molecule has 1 fully saturated rings. The number of halogens is 3. The van der Waals surface area contributed by atoms with Gasteiger partial charge in [0.1, 0.15) is 0 Å². The first-order valence-corrected chi connectivity index (χ1v) is 13.0. The van der Waals surface area contributed by atoms with Crippen LogP contribution in [0.1, 0.15) is 22.5 Å². The first-order chi connectivity index (χ1) is 19.2.